The lowest BCUT2D eigenvalue weighted by molar-refractivity contribution is 0.479. The summed E-state index contributed by atoms with van der Waals surface area (Å²) < 4.78 is -0.868. The van der Waals surface area contributed by atoms with Crippen molar-refractivity contribution in [1.82, 2.24) is 0 Å². The van der Waals surface area contributed by atoms with Crippen molar-refractivity contribution in [1.29, 1.82) is 0 Å². The first-order valence-corrected chi connectivity index (χ1v) is 15.6. The van der Waals surface area contributed by atoms with Crippen molar-refractivity contribution in [3.8, 4) is 0 Å². The average Bonchev–Trinajstić information content (AvgIpc) is 2.42. The zero-order valence-electron chi connectivity index (χ0n) is 6.19. The molecule has 0 spiro atoms. The van der Waals surface area contributed by atoms with Crippen LogP contribution in [0.5, 0.6) is 0 Å². The lowest BCUT2D eigenvalue weighted by Gasteiger charge is -2.27. The van der Waals surface area contributed by atoms with Crippen molar-refractivity contribution in [3.05, 3.63) is 0 Å². The molecule has 0 aromatic rings. The first-order valence-electron chi connectivity index (χ1n) is 4.14. The monoisotopic (exact) mass is 504 g/mol. The molecule has 0 N–H and O–H groups in total. The van der Waals surface area contributed by atoms with Gasteiger partial charge in [-0.25, -0.2) is 0 Å². The summed E-state index contributed by atoms with van der Waals surface area (Å²) in [6, 6.07) is 0. The molecule has 0 aliphatic heterocycles. The van der Waals surface area contributed by atoms with E-state index < -0.39 is 0.564 Å². The van der Waals surface area contributed by atoms with Gasteiger partial charge in [0.2, 0.25) is 0 Å². The van der Waals surface area contributed by atoms with Crippen molar-refractivity contribution in [2.24, 2.45) is 11.8 Å². The van der Waals surface area contributed by atoms with Crippen LogP contribution in [0.1, 0.15) is 25.7 Å². The molecule has 0 aromatic carbocycles. The average molecular weight is 504 g/mol. The Hall–Kier alpha value is 2.41. The van der Waals surface area contributed by atoms with Gasteiger partial charge in [0.1, 0.15) is 0 Å². The fourth-order valence-corrected chi connectivity index (χ4v) is 10.9. The van der Waals surface area contributed by atoms with Crippen molar-refractivity contribution in [3.63, 3.8) is 0 Å². The molecule has 0 saturated heterocycles. The Balaban J connectivity index is 2.08. The summed E-state index contributed by atoms with van der Waals surface area (Å²) in [5, 5.41) is 0. The lowest BCUT2D eigenvalue weighted by atomic mass is 10.0. The third-order valence-corrected chi connectivity index (χ3v) is 11.9. The molecule has 2 bridgehead atoms. The van der Waals surface area contributed by atoms with E-state index in [2.05, 4.69) is 65.4 Å². The van der Waals surface area contributed by atoms with Gasteiger partial charge in [0.25, 0.3) is 0.564 Å². The minimum Gasteiger partial charge on any atom is -0.0906 e. The number of halogens is 3. The van der Waals surface area contributed by atoms with E-state index in [-0.39, 0.29) is 0 Å². The zero-order chi connectivity index (χ0) is 8.06. The minimum atomic E-state index is -0.868. The molecule has 0 aromatic heterocycles. The Morgan fingerprint density at radius 3 is 2.00 bits per heavy atom. The largest absolute Gasteiger partial charge is 0.256 e. The van der Waals surface area contributed by atoms with E-state index in [4.69, 9.17) is 0 Å². The molecule has 3 atom stereocenters. The predicted octanol–water partition coefficient (Wildman–Crippen LogP) is 4.42. The Labute approximate surface area is 107 Å². The van der Waals surface area contributed by atoms with Gasteiger partial charge in [0.15, 0.2) is 0 Å². The van der Waals surface area contributed by atoms with Crippen LogP contribution in [0.15, 0.2) is 0 Å². The second-order valence-corrected chi connectivity index (χ2v) is 39.5. The predicted molar refractivity (Wildman–Crippen MR) is 77.0 cm³/mol. The molecule has 2 fully saturated rings. The molecule has 3 unspecified atom stereocenters. The fourth-order valence-electron chi connectivity index (χ4n) is 2.65. The van der Waals surface area contributed by atoms with Crippen molar-refractivity contribution >= 4 is 66.0 Å². The Morgan fingerprint density at radius 2 is 1.73 bits per heavy atom. The first-order chi connectivity index (χ1) is 5.07. The number of hydrogen-bond acceptors (Lipinski definition) is 0. The topological polar surface area (TPSA) is 0 Å². The van der Waals surface area contributed by atoms with Crippen LogP contribution >= 0.6 is 65.4 Å². The quantitative estimate of drug-likeness (QED) is 0.282. The van der Waals surface area contributed by atoms with E-state index in [1.165, 1.54) is 0 Å². The summed E-state index contributed by atoms with van der Waals surface area (Å²) in [5.41, 5.74) is 1.14. The summed E-state index contributed by atoms with van der Waals surface area (Å²) in [5.74, 6) is 2.27. The van der Waals surface area contributed by atoms with E-state index >= 15 is 0 Å². The Bertz CT molecular complexity index is 166. The van der Waals surface area contributed by atoms with E-state index in [0.29, 0.717) is 0 Å². The van der Waals surface area contributed by atoms with Crippen LogP contribution in [-0.4, -0.2) is 0.564 Å². The molecule has 0 amide bonds. The van der Waals surface area contributed by atoms with Gasteiger partial charge >= 0.3 is 0 Å². The summed E-state index contributed by atoms with van der Waals surface area (Å²) >= 11 is 8.25. The molecule has 11 heavy (non-hydrogen) atoms. The number of rotatable bonds is 1. The summed E-state index contributed by atoms with van der Waals surface area (Å²) in [6.07, 6.45) is 6.26. The number of fused-ring (bicyclic) bond motifs is 2. The minimum absolute atomic E-state index is 0.868. The van der Waals surface area contributed by atoms with Crippen LogP contribution in [0.3, 0.4) is 0 Å². The molecule has 0 heterocycles. The SMILES string of the molecule is I[Si](I)(I)C1CC2CCC1C2. The van der Waals surface area contributed by atoms with Crippen LogP contribution in [0.25, 0.3) is 0 Å². The second-order valence-electron chi connectivity index (χ2n) is 3.82. The standard InChI is InChI=1S/C7H11I3Si/c8-11(9,10)7-4-5-1-2-6(7)3-5/h5-7H,1-4H2. The van der Waals surface area contributed by atoms with Gasteiger partial charge in [-0.1, -0.05) is 78.2 Å². The van der Waals surface area contributed by atoms with Gasteiger partial charge in [0.05, 0.1) is 0 Å². The molecule has 2 rings (SSSR count). The molecule has 64 valence electrons. The normalized spacial score (nSPS) is 43.4. The smallest absolute Gasteiger partial charge is 0.0906 e. The first kappa shape index (κ1) is 9.94. The third kappa shape index (κ3) is 2.08. The maximum atomic E-state index is 2.75. The van der Waals surface area contributed by atoms with Gasteiger partial charge in [-0.05, 0) is 30.2 Å². The van der Waals surface area contributed by atoms with Gasteiger partial charge in [-0.3, -0.25) is 0 Å². The molecular formula is C7H11I3Si. The van der Waals surface area contributed by atoms with Crippen LogP contribution in [0.4, 0.5) is 0 Å². The van der Waals surface area contributed by atoms with Crippen molar-refractivity contribution in [2.45, 2.75) is 31.2 Å². The maximum absolute atomic E-state index is 2.75. The Morgan fingerprint density at radius 1 is 1.00 bits per heavy atom. The van der Waals surface area contributed by atoms with Gasteiger partial charge in [0, 0.05) is 0 Å². The van der Waals surface area contributed by atoms with Gasteiger partial charge < -0.3 is 0 Å². The van der Waals surface area contributed by atoms with E-state index in [0.717, 1.165) is 17.4 Å². The highest BCUT2D eigenvalue weighted by Crippen LogP contribution is 2.60. The molecule has 2 aliphatic rings. The van der Waals surface area contributed by atoms with Crippen molar-refractivity contribution < 1.29 is 0 Å². The fraction of sp³-hybridized carbons (Fsp3) is 1.00. The zero-order valence-corrected chi connectivity index (χ0v) is 13.7. The molecule has 2 saturated carbocycles. The van der Waals surface area contributed by atoms with Crippen LogP contribution in [0, 0.1) is 11.8 Å². The molecule has 2 aliphatic carbocycles. The summed E-state index contributed by atoms with van der Waals surface area (Å²) in [7, 11) is 0. The van der Waals surface area contributed by atoms with Crippen LogP contribution in [-0.2, 0) is 0 Å². The van der Waals surface area contributed by atoms with E-state index in [9.17, 15) is 0 Å². The Kier molecular flexibility index (Phi) is 3.18. The lowest BCUT2D eigenvalue weighted by Crippen LogP contribution is -2.22. The highest BCUT2D eigenvalue weighted by Gasteiger charge is 2.48. The molecule has 0 nitrogen and oxygen atoms in total. The highest BCUT2D eigenvalue weighted by atomic mass is 127. The van der Waals surface area contributed by atoms with Gasteiger partial charge in [-0.2, -0.15) is 0 Å². The highest BCUT2D eigenvalue weighted by molar-refractivity contribution is 14.4. The van der Waals surface area contributed by atoms with Crippen LogP contribution < -0.4 is 0 Å². The third-order valence-electron chi connectivity index (χ3n) is 3.16. The maximum Gasteiger partial charge on any atom is 0.256 e. The van der Waals surface area contributed by atoms with E-state index in [1.807, 2.05) is 0 Å². The van der Waals surface area contributed by atoms with Crippen LogP contribution in [0.2, 0.25) is 5.54 Å². The second kappa shape index (κ2) is 3.52. The summed E-state index contributed by atoms with van der Waals surface area (Å²) in [6.45, 7) is 0. The molecule has 0 radical (unpaired) electrons. The molecular weight excluding hydrogens is 493 g/mol. The summed E-state index contributed by atoms with van der Waals surface area (Å²) in [4.78, 5) is 0. The van der Waals surface area contributed by atoms with Crippen molar-refractivity contribution in [2.75, 3.05) is 0 Å². The number of hydrogen-bond donors (Lipinski definition) is 0. The molecule has 4 heteroatoms. The van der Waals surface area contributed by atoms with Gasteiger partial charge in [-0.15, -0.1) is 0 Å². The van der Waals surface area contributed by atoms with E-state index in [1.54, 1.807) is 25.7 Å².